The normalized spacial score (nSPS) is 29.4. The van der Waals surface area contributed by atoms with E-state index in [2.05, 4.69) is 6.58 Å². The maximum atomic E-state index is 14.3. The number of rotatable bonds is 10. The Morgan fingerprint density at radius 2 is 2.06 bits per heavy atom. The van der Waals surface area contributed by atoms with Gasteiger partial charge in [-0.3, -0.25) is 14.4 Å². The van der Waals surface area contributed by atoms with Crippen LogP contribution in [0, 0.1) is 25.7 Å². The molecule has 34 heavy (non-hydrogen) atoms. The molecule has 1 aromatic carbocycles. The van der Waals surface area contributed by atoms with Gasteiger partial charge in [-0.2, -0.15) is 0 Å². The van der Waals surface area contributed by atoms with E-state index in [4.69, 9.17) is 9.84 Å². The van der Waals surface area contributed by atoms with Crippen LogP contribution < -0.4 is 4.90 Å². The maximum absolute atomic E-state index is 14.3. The van der Waals surface area contributed by atoms with Crippen LogP contribution in [0.5, 0.6) is 0 Å². The minimum absolute atomic E-state index is 0.0640. The molecule has 2 N–H and O–H groups in total. The standard InChI is InChI=1S/C26H34N2O6/c1-4-12-27(18-15-16(2)8-9-17(18)3)24(31)22-26-11-10-19(34-26)20(25(32)33)21(26)23(30)28(22)13-6-5-7-14-29/h4,8-9,15,19-22,29H,1,5-7,10-14H2,2-3H3,(H,32,33)/t19-,20+,21-,22?,26?/m0/s1. The highest BCUT2D eigenvalue weighted by Crippen LogP contribution is 2.58. The number of carboxylic acid groups (broad SMARTS) is 1. The number of aliphatic carboxylic acids is 1. The largest absolute Gasteiger partial charge is 0.481 e. The summed E-state index contributed by atoms with van der Waals surface area (Å²) in [4.78, 5) is 43.2. The molecule has 1 spiro atoms. The first kappa shape index (κ1) is 24.4. The molecule has 1 aromatic rings. The third kappa shape index (κ3) is 3.82. The number of unbranched alkanes of at least 4 members (excludes halogenated alkanes) is 2. The highest BCUT2D eigenvalue weighted by atomic mass is 16.5. The van der Waals surface area contributed by atoms with E-state index in [-0.39, 0.29) is 25.0 Å². The van der Waals surface area contributed by atoms with Crippen molar-refractivity contribution in [1.29, 1.82) is 0 Å². The van der Waals surface area contributed by atoms with Gasteiger partial charge in [0.1, 0.15) is 11.6 Å². The molecule has 8 heteroatoms. The molecule has 0 aliphatic carbocycles. The van der Waals surface area contributed by atoms with Crippen LogP contribution in [0.4, 0.5) is 5.69 Å². The molecule has 4 rings (SSSR count). The molecule has 184 valence electrons. The number of hydrogen-bond acceptors (Lipinski definition) is 5. The number of amides is 2. The molecule has 3 saturated heterocycles. The fourth-order valence-corrected chi connectivity index (χ4v) is 6.12. The van der Waals surface area contributed by atoms with Gasteiger partial charge in [0.15, 0.2) is 0 Å². The first-order valence-corrected chi connectivity index (χ1v) is 12.1. The third-order valence-electron chi connectivity index (χ3n) is 7.61. The lowest BCUT2D eigenvalue weighted by Crippen LogP contribution is -2.56. The van der Waals surface area contributed by atoms with Gasteiger partial charge < -0.3 is 24.7 Å². The van der Waals surface area contributed by atoms with Crippen LogP contribution in [0.25, 0.3) is 0 Å². The van der Waals surface area contributed by atoms with E-state index in [1.807, 2.05) is 32.0 Å². The van der Waals surface area contributed by atoms with Crippen molar-refractivity contribution in [2.75, 3.05) is 24.6 Å². The Labute approximate surface area is 200 Å². The number of ether oxygens (including phenoxy) is 1. The summed E-state index contributed by atoms with van der Waals surface area (Å²) in [5.74, 6) is -3.42. The zero-order valence-electron chi connectivity index (χ0n) is 19.9. The van der Waals surface area contributed by atoms with Crippen LogP contribution in [0.2, 0.25) is 0 Å². The average molecular weight is 471 g/mol. The maximum Gasteiger partial charge on any atom is 0.310 e. The first-order valence-electron chi connectivity index (χ1n) is 12.1. The van der Waals surface area contributed by atoms with E-state index in [0.717, 1.165) is 16.8 Å². The molecule has 0 saturated carbocycles. The molecule has 2 amide bonds. The summed E-state index contributed by atoms with van der Waals surface area (Å²) in [6, 6.07) is 4.99. The second kappa shape index (κ2) is 9.50. The van der Waals surface area contributed by atoms with Crippen molar-refractivity contribution in [3.05, 3.63) is 42.0 Å². The number of nitrogens with zero attached hydrogens (tertiary/aromatic N) is 2. The molecule has 2 unspecified atom stereocenters. The SMILES string of the molecule is C=CCN(C(=O)C1N(CCCCCO)C(=O)[C@@H]2[C@H](C(=O)O)[C@@H]3CCC12O3)c1cc(C)ccc1C. The number of fused-ring (bicyclic) bond motifs is 1. The average Bonchev–Trinajstić information content (AvgIpc) is 3.44. The summed E-state index contributed by atoms with van der Waals surface area (Å²) in [7, 11) is 0. The molecular weight excluding hydrogens is 436 g/mol. The van der Waals surface area contributed by atoms with Crippen molar-refractivity contribution in [3.63, 3.8) is 0 Å². The number of aliphatic hydroxyl groups is 1. The lowest BCUT2D eigenvalue weighted by molar-refractivity contribution is -0.149. The van der Waals surface area contributed by atoms with E-state index in [1.165, 1.54) is 0 Å². The number of aliphatic hydroxyl groups excluding tert-OH is 1. The molecular formula is C26H34N2O6. The van der Waals surface area contributed by atoms with Crippen molar-refractivity contribution in [3.8, 4) is 0 Å². The molecule has 5 atom stereocenters. The number of aryl methyl sites for hydroxylation is 2. The van der Waals surface area contributed by atoms with Gasteiger partial charge in [0, 0.05) is 25.4 Å². The van der Waals surface area contributed by atoms with Gasteiger partial charge in [-0.1, -0.05) is 18.2 Å². The Morgan fingerprint density at radius 1 is 1.29 bits per heavy atom. The Balaban J connectivity index is 1.75. The Kier molecular flexibility index (Phi) is 6.82. The zero-order valence-corrected chi connectivity index (χ0v) is 19.9. The van der Waals surface area contributed by atoms with E-state index in [1.54, 1.807) is 15.9 Å². The van der Waals surface area contributed by atoms with Gasteiger partial charge in [0.2, 0.25) is 5.91 Å². The zero-order chi connectivity index (χ0) is 24.6. The molecule has 0 radical (unpaired) electrons. The second-order valence-corrected chi connectivity index (χ2v) is 9.74. The summed E-state index contributed by atoms with van der Waals surface area (Å²) in [5.41, 5.74) is 1.55. The van der Waals surface area contributed by atoms with Crippen LogP contribution in [0.15, 0.2) is 30.9 Å². The van der Waals surface area contributed by atoms with Crippen LogP contribution in [0.1, 0.15) is 43.2 Å². The summed E-state index contributed by atoms with van der Waals surface area (Å²) in [5, 5.41) is 19.0. The van der Waals surface area contributed by atoms with E-state index in [0.29, 0.717) is 38.6 Å². The van der Waals surface area contributed by atoms with Crippen LogP contribution >= 0.6 is 0 Å². The van der Waals surface area contributed by atoms with Gasteiger partial charge in [-0.25, -0.2) is 0 Å². The number of carbonyl (C=O) groups excluding carboxylic acids is 2. The monoisotopic (exact) mass is 470 g/mol. The number of carboxylic acids is 1. The number of likely N-dealkylation sites (tertiary alicyclic amines) is 1. The van der Waals surface area contributed by atoms with Crippen molar-refractivity contribution >= 4 is 23.5 Å². The summed E-state index contributed by atoms with van der Waals surface area (Å²) >= 11 is 0. The summed E-state index contributed by atoms with van der Waals surface area (Å²) in [6.07, 6.45) is 4.04. The molecule has 3 aliphatic rings. The number of anilines is 1. The van der Waals surface area contributed by atoms with Crippen LogP contribution in [0.3, 0.4) is 0 Å². The van der Waals surface area contributed by atoms with E-state index < -0.39 is 35.6 Å². The molecule has 8 nitrogen and oxygen atoms in total. The lowest BCUT2D eigenvalue weighted by atomic mass is 9.70. The van der Waals surface area contributed by atoms with Crippen molar-refractivity contribution in [1.82, 2.24) is 4.90 Å². The second-order valence-electron chi connectivity index (χ2n) is 9.74. The van der Waals surface area contributed by atoms with Crippen molar-refractivity contribution < 1.29 is 29.3 Å². The molecule has 3 heterocycles. The topological polar surface area (TPSA) is 107 Å². The fraction of sp³-hybridized carbons (Fsp3) is 0.577. The third-order valence-corrected chi connectivity index (χ3v) is 7.61. The number of hydrogen-bond donors (Lipinski definition) is 2. The molecule has 3 aliphatic heterocycles. The van der Waals surface area contributed by atoms with Crippen LogP contribution in [-0.2, 0) is 19.1 Å². The minimum Gasteiger partial charge on any atom is -0.481 e. The quantitative estimate of drug-likeness (QED) is 0.402. The summed E-state index contributed by atoms with van der Waals surface area (Å²) in [6.45, 7) is 8.37. The highest BCUT2D eigenvalue weighted by Gasteiger charge is 2.74. The predicted octanol–water partition coefficient (Wildman–Crippen LogP) is 2.44. The first-order chi connectivity index (χ1) is 16.3. The molecule has 0 aromatic heterocycles. The smallest absolute Gasteiger partial charge is 0.310 e. The Bertz CT molecular complexity index is 994. The van der Waals surface area contributed by atoms with Gasteiger partial charge in [-0.15, -0.1) is 6.58 Å². The van der Waals surface area contributed by atoms with E-state index in [9.17, 15) is 19.5 Å². The van der Waals surface area contributed by atoms with Crippen molar-refractivity contribution in [2.45, 2.75) is 63.7 Å². The highest BCUT2D eigenvalue weighted by molar-refractivity contribution is 6.05. The number of carbonyl (C=O) groups is 3. The summed E-state index contributed by atoms with van der Waals surface area (Å²) < 4.78 is 6.28. The minimum atomic E-state index is -1.13. The van der Waals surface area contributed by atoms with Gasteiger partial charge in [0.25, 0.3) is 5.91 Å². The number of benzene rings is 1. The van der Waals surface area contributed by atoms with E-state index >= 15 is 0 Å². The van der Waals surface area contributed by atoms with Gasteiger partial charge in [-0.05, 0) is 63.1 Å². The molecule has 3 fully saturated rings. The van der Waals surface area contributed by atoms with Gasteiger partial charge >= 0.3 is 5.97 Å². The Morgan fingerprint density at radius 3 is 2.74 bits per heavy atom. The fourth-order valence-electron chi connectivity index (χ4n) is 6.12. The lowest BCUT2D eigenvalue weighted by Gasteiger charge is -2.37. The van der Waals surface area contributed by atoms with Crippen molar-refractivity contribution in [2.24, 2.45) is 11.8 Å². The van der Waals surface area contributed by atoms with Crippen LogP contribution in [-0.4, -0.2) is 70.3 Å². The Hall–Kier alpha value is -2.71. The molecule has 2 bridgehead atoms. The predicted molar refractivity (Wildman–Crippen MR) is 126 cm³/mol. The van der Waals surface area contributed by atoms with Gasteiger partial charge in [0.05, 0.1) is 17.9 Å².